The summed E-state index contributed by atoms with van der Waals surface area (Å²) in [7, 11) is -4.03. The van der Waals surface area contributed by atoms with Crippen LogP contribution in [0.2, 0.25) is 0 Å². The third kappa shape index (κ3) is 5.38. The van der Waals surface area contributed by atoms with Gasteiger partial charge in [-0.05, 0) is 37.6 Å². The third-order valence-corrected chi connectivity index (χ3v) is 5.20. The molecular formula is C15H23N5O5S. The predicted molar refractivity (Wildman–Crippen MR) is 96.2 cm³/mol. The number of nitro benzene ring substituents is 1. The smallest absolute Gasteiger partial charge is 0.293 e. The second-order valence-corrected chi connectivity index (χ2v) is 7.86. The van der Waals surface area contributed by atoms with Crippen molar-refractivity contribution in [3.8, 4) is 0 Å². The highest BCUT2D eigenvalue weighted by atomic mass is 32.2. The lowest BCUT2D eigenvalue weighted by Gasteiger charge is -2.30. The molecule has 1 amide bonds. The number of carbonyl (C=O) groups excluding carboxylic acids is 1. The van der Waals surface area contributed by atoms with Gasteiger partial charge in [-0.2, -0.15) is 0 Å². The fourth-order valence-corrected chi connectivity index (χ4v) is 3.34. The van der Waals surface area contributed by atoms with Crippen LogP contribution in [0.4, 0.5) is 11.4 Å². The molecule has 11 heteroatoms. The van der Waals surface area contributed by atoms with E-state index in [0.29, 0.717) is 5.92 Å². The van der Waals surface area contributed by atoms with Crippen LogP contribution in [-0.2, 0) is 14.8 Å². The first-order valence-electron chi connectivity index (χ1n) is 8.23. The number of primary sulfonamides is 1. The second-order valence-electron chi connectivity index (χ2n) is 6.30. The minimum atomic E-state index is -4.03. The van der Waals surface area contributed by atoms with Gasteiger partial charge in [0, 0.05) is 25.1 Å². The van der Waals surface area contributed by atoms with Gasteiger partial charge in [0.15, 0.2) is 0 Å². The summed E-state index contributed by atoms with van der Waals surface area (Å²) in [6.45, 7) is 3.95. The van der Waals surface area contributed by atoms with Crippen molar-refractivity contribution in [1.82, 2.24) is 10.6 Å². The molecule has 2 unspecified atom stereocenters. The minimum absolute atomic E-state index is 0.118. The minimum Gasteiger partial charge on any atom is -0.379 e. The Bertz CT molecular complexity index is 783. The molecule has 5 N–H and O–H groups in total. The summed E-state index contributed by atoms with van der Waals surface area (Å²) >= 11 is 0. The molecule has 0 bridgehead atoms. The monoisotopic (exact) mass is 385 g/mol. The number of nitrogens with two attached hydrogens (primary N) is 1. The first-order valence-corrected chi connectivity index (χ1v) is 9.78. The Labute approximate surface area is 151 Å². The average molecular weight is 385 g/mol. The number of piperidine rings is 1. The molecule has 0 radical (unpaired) electrons. The quantitative estimate of drug-likeness (QED) is 0.384. The number of nitro groups is 1. The average Bonchev–Trinajstić information content (AvgIpc) is 2.56. The normalized spacial score (nSPS) is 20.4. The maximum atomic E-state index is 12.1. The summed E-state index contributed by atoms with van der Waals surface area (Å²) in [5.74, 6) is 0.201. The maximum Gasteiger partial charge on any atom is 0.293 e. The molecule has 2 atom stereocenters. The summed E-state index contributed by atoms with van der Waals surface area (Å²) < 4.78 is 22.6. The molecule has 1 heterocycles. The van der Waals surface area contributed by atoms with Crippen molar-refractivity contribution in [2.24, 2.45) is 11.1 Å². The van der Waals surface area contributed by atoms with Crippen molar-refractivity contribution in [1.29, 1.82) is 0 Å². The fourth-order valence-electron chi connectivity index (χ4n) is 2.81. The number of carbonyl (C=O) groups is 1. The van der Waals surface area contributed by atoms with Crippen LogP contribution in [0.5, 0.6) is 0 Å². The standard InChI is InChI=1S/C15H23N5O5S/c1-10-9-17-6-4-12(10)19-15(21)5-7-18-13-3-2-11(26(16,24)25)8-14(13)20(22)23/h2-3,8,10,12,17-18H,4-7,9H2,1H3,(H,19,21)(H2,16,24,25). The van der Waals surface area contributed by atoms with E-state index in [2.05, 4.69) is 22.9 Å². The number of rotatable bonds is 7. The van der Waals surface area contributed by atoms with Crippen LogP contribution in [0.25, 0.3) is 0 Å². The Morgan fingerprint density at radius 3 is 2.81 bits per heavy atom. The van der Waals surface area contributed by atoms with Gasteiger partial charge in [-0.25, -0.2) is 13.6 Å². The molecule has 1 aliphatic heterocycles. The van der Waals surface area contributed by atoms with Gasteiger partial charge in [0.2, 0.25) is 15.9 Å². The van der Waals surface area contributed by atoms with Crippen LogP contribution in [0.1, 0.15) is 19.8 Å². The molecule has 0 saturated carbocycles. The van der Waals surface area contributed by atoms with E-state index in [4.69, 9.17) is 5.14 Å². The van der Waals surface area contributed by atoms with Crippen LogP contribution in [-0.4, -0.2) is 44.9 Å². The van der Waals surface area contributed by atoms with Crippen molar-refractivity contribution in [3.05, 3.63) is 28.3 Å². The Morgan fingerprint density at radius 2 is 2.19 bits per heavy atom. The van der Waals surface area contributed by atoms with E-state index < -0.39 is 20.6 Å². The van der Waals surface area contributed by atoms with Gasteiger partial charge in [0.05, 0.1) is 9.82 Å². The SMILES string of the molecule is CC1CNCCC1NC(=O)CCNc1ccc(S(N)(=O)=O)cc1[N+](=O)[O-]. The summed E-state index contributed by atoms with van der Waals surface area (Å²) in [5.41, 5.74) is -0.283. The first kappa shape index (κ1) is 20.1. The second kappa shape index (κ2) is 8.43. The fraction of sp³-hybridized carbons (Fsp3) is 0.533. The Hall–Kier alpha value is -2.24. The number of nitrogens with zero attached hydrogens (tertiary/aromatic N) is 1. The molecule has 2 rings (SSSR count). The summed E-state index contributed by atoms with van der Waals surface area (Å²) in [6, 6.07) is 3.47. The highest BCUT2D eigenvalue weighted by Crippen LogP contribution is 2.27. The molecule has 26 heavy (non-hydrogen) atoms. The highest BCUT2D eigenvalue weighted by Gasteiger charge is 2.23. The van der Waals surface area contributed by atoms with Gasteiger partial charge in [-0.1, -0.05) is 6.92 Å². The molecule has 1 fully saturated rings. The Balaban J connectivity index is 1.94. The van der Waals surface area contributed by atoms with E-state index in [0.717, 1.165) is 25.6 Å². The van der Waals surface area contributed by atoms with Crippen molar-refractivity contribution in [3.63, 3.8) is 0 Å². The van der Waals surface area contributed by atoms with Crippen molar-refractivity contribution in [2.45, 2.75) is 30.7 Å². The summed E-state index contributed by atoms with van der Waals surface area (Å²) in [6.07, 6.45) is 1.01. The van der Waals surface area contributed by atoms with E-state index in [9.17, 15) is 23.3 Å². The van der Waals surface area contributed by atoms with Gasteiger partial charge in [0.1, 0.15) is 5.69 Å². The molecule has 1 aliphatic rings. The lowest BCUT2D eigenvalue weighted by Crippen LogP contribution is -2.48. The number of sulfonamides is 1. The highest BCUT2D eigenvalue weighted by molar-refractivity contribution is 7.89. The lowest BCUT2D eigenvalue weighted by atomic mass is 9.95. The number of hydrogen-bond donors (Lipinski definition) is 4. The van der Waals surface area contributed by atoms with E-state index >= 15 is 0 Å². The predicted octanol–water partition coefficient (Wildman–Crippen LogP) is 0.158. The molecule has 144 valence electrons. The largest absolute Gasteiger partial charge is 0.379 e. The van der Waals surface area contributed by atoms with Gasteiger partial charge >= 0.3 is 0 Å². The van der Waals surface area contributed by atoms with E-state index in [1.165, 1.54) is 12.1 Å². The Morgan fingerprint density at radius 1 is 1.46 bits per heavy atom. The van der Waals surface area contributed by atoms with Crippen molar-refractivity contribution < 1.29 is 18.1 Å². The van der Waals surface area contributed by atoms with Crippen LogP contribution >= 0.6 is 0 Å². The zero-order chi connectivity index (χ0) is 19.3. The maximum absolute atomic E-state index is 12.1. The van der Waals surface area contributed by atoms with Gasteiger partial charge in [-0.3, -0.25) is 14.9 Å². The first-order chi connectivity index (χ1) is 12.2. The molecule has 0 aliphatic carbocycles. The van der Waals surface area contributed by atoms with Crippen molar-refractivity contribution >= 4 is 27.3 Å². The number of nitrogens with one attached hydrogen (secondary N) is 3. The summed E-state index contributed by atoms with van der Waals surface area (Å²) in [4.78, 5) is 22.2. The zero-order valence-electron chi connectivity index (χ0n) is 14.4. The van der Waals surface area contributed by atoms with Crippen molar-refractivity contribution in [2.75, 3.05) is 25.0 Å². The molecule has 1 saturated heterocycles. The number of benzene rings is 1. The van der Waals surface area contributed by atoms with Gasteiger partial charge in [-0.15, -0.1) is 0 Å². The molecular weight excluding hydrogens is 362 g/mol. The topological polar surface area (TPSA) is 156 Å². The molecule has 1 aromatic carbocycles. The number of hydrogen-bond acceptors (Lipinski definition) is 7. The molecule has 0 aromatic heterocycles. The molecule has 1 aromatic rings. The van der Waals surface area contributed by atoms with E-state index in [1.807, 2.05) is 0 Å². The van der Waals surface area contributed by atoms with E-state index in [1.54, 1.807) is 0 Å². The third-order valence-electron chi connectivity index (χ3n) is 4.29. The van der Waals surface area contributed by atoms with Crippen LogP contribution in [0.3, 0.4) is 0 Å². The number of anilines is 1. The van der Waals surface area contributed by atoms with Crippen LogP contribution < -0.4 is 21.1 Å². The number of amides is 1. The van der Waals surface area contributed by atoms with E-state index in [-0.39, 0.29) is 35.5 Å². The van der Waals surface area contributed by atoms with Crippen LogP contribution in [0, 0.1) is 16.0 Å². The van der Waals surface area contributed by atoms with Gasteiger partial charge in [0.25, 0.3) is 5.69 Å². The van der Waals surface area contributed by atoms with Crippen LogP contribution in [0.15, 0.2) is 23.1 Å². The lowest BCUT2D eigenvalue weighted by molar-refractivity contribution is -0.384. The zero-order valence-corrected chi connectivity index (χ0v) is 15.2. The molecule has 10 nitrogen and oxygen atoms in total. The summed E-state index contributed by atoms with van der Waals surface area (Å²) in [5, 5.41) is 25.2. The molecule has 0 spiro atoms. The Kier molecular flexibility index (Phi) is 6.51. The van der Waals surface area contributed by atoms with Gasteiger partial charge < -0.3 is 16.0 Å².